The molecule has 300 valence electrons. The van der Waals surface area contributed by atoms with Crippen LogP contribution in [0.5, 0.6) is 0 Å². The molecular weight excluding hydrogens is 803 g/mol. The summed E-state index contributed by atoms with van der Waals surface area (Å²) in [5.74, 6) is 3.31. The molecule has 4 saturated heterocycles. The minimum absolute atomic E-state index is 0.159. The maximum atomic E-state index is 12.9. The smallest absolute Gasteiger partial charge is 0.184 e. The third kappa shape index (κ3) is 10.6. The summed E-state index contributed by atoms with van der Waals surface area (Å²) in [4.78, 5) is 44.5. The van der Waals surface area contributed by atoms with E-state index in [1.54, 1.807) is 9.36 Å². The molecule has 13 heteroatoms. The Morgan fingerprint density at radius 3 is 1.42 bits per heavy atom. The molecule has 0 aromatic carbocycles. The van der Waals surface area contributed by atoms with Gasteiger partial charge in [-0.05, 0) is 126 Å². The van der Waals surface area contributed by atoms with Gasteiger partial charge in [-0.25, -0.2) is 19.3 Å². The molecule has 12 nitrogen and oxygen atoms in total. The molecule has 8 heterocycles. The fourth-order valence-electron chi connectivity index (χ4n) is 8.68. The van der Waals surface area contributed by atoms with Crippen LogP contribution in [0.15, 0.2) is 24.3 Å². The minimum Gasteiger partial charge on any atom is -0.357 e. The lowest BCUT2D eigenvalue weighted by Gasteiger charge is -2.28. The van der Waals surface area contributed by atoms with Gasteiger partial charge in [-0.1, -0.05) is 48.3 Å². The Hall–Kier alpha value is -3.17. The molecule has 0 aliphatic carbocycles. The first-order valence-corrected chi connectivity index (χ1v) is 23.0. The summed E-state index contributed by atoms with van der Waals surface area (Å²) in [6.45, 7) is 8.47. The molecule has 4 aromatic rings. The van der Waals surface area contributed by atoms with Crippen LogP contribution in [-0.4, -0.2) is 110 Å². The third-order valence-electron chi connectivity index (χ3n) is 12.0. The second kappa shape index (κ2) is 20.3. The molecule has 0 amide bonds. The Bertz CT molecular complexity index is 1840. The highest BCUT2D eigenvalue weighted by atomic mass is 127. The molecular formula is C42H63IN10O2. The summed E-state index contributed by atoms with van der Waals surface area (Å²) in [6.07, 6.45) is 15.7. The maximum Gasteiger partial charge on any atom is 0.184 e. The molecule has 0 bridgehead atoms. The van der Waals surface area contributed by atoms with Crippen molar-refractivity contribution in [1.82, 2.24) is 39.7 Å². The first kappa shape index (κ1) is 41.5. The topological polar surface area (TPSA) is 117 Å². The summed E-state index contributed by atoms with van der Waals surface area (Å²) >= 11 is 2.15. The van der Waals surface area contributed by atoms with Gasteiger partial charge in [0.15, 0.2) is 22.9 Å². The summed E-state index contributed by atoms with van der Waals surface area (Å²) in [5, 5.41) is 14.2. The second-order valence-electron chi connectivity index (χ2n) is 16.0. The second-order valence-corrected chi connectivity index (χ2v) is 16.0. The zero-order valence-electron chi connectivity index (χ0n) is 33.7. The van der Waals surface area contributed by atoms with E-state index in [0.29, 0.717) is 36.1 Å². The van der Waals surface area contributed by atoms with Crippen molar-refractivity contribution in [3.05, 3.63) is 35.7 Å². The normalized spacial score (nSPS) is 19.3. The molecule has 8 rings (SSSR count). The van der Waals surface area contributed by atoms with Crippen molar-refractivity contribution in [3.8, 4) is 0 Å². The van der Waals surface area contributed by atoms with E-state index >= 15 is 0 Å². The average Bonchev–Trinajstić information content (AvgIpc) is 3.43. The van der Waals surface area contributed by atoms with Crippen molar-refractivity contribution in [1.29, 1.82) is 0 Å². The predicted octanol–water partition coefficient (Wildman–Crippen LogP) is 7.24. The number of hydrogen-bond donors (Lipinski definition) is 1. The quantitative estimate of drug-likeness (QED) is 0.111. The zero-order valence-corrected chi connectivity index (χ0v) is 35.9. The van der Waals surface area contributed by atoms with Gasteiger partial charge < -0.3 is 20.0 Å². The number of ketones is 2. The van der Waals surface area contributed by atoms with Gasteiger partial charge in [0.2, 0.25) is 0 Å². The first-order valence-electron chi connectivity index (χ1n) is 20.8. The van der Waals surface area contributed by atoms with E-state index in [4.69, 9.17) is 9.97 Å². The van der Waals surface area contributed by atoms with Crippen LogP contribution >= 0.6 is 22.6 Å². The number of carbonyl (C=O) groups is 2. The Labute approximate surface area is 341 Å². The summed E-state index contributed by atoms with van der Waals surface area (Å²) < 4.78 is 3.55. The van der Waals surface area contributed by atoms with Crippen molar-refractivity contribution in [2.45, 2.75) is 89.9 Å². The van der Waals surface area contributed by atoms with Gasteiger partial charge in [0.1, 0.15) is 23.0 Å². The number of hydrogen-bond acceptors (Lipinski definition) is 10. The number of alkyl halides is 1. The van der Waals surface area contributed by atoms with Crippen molar-refractivity contribution < 1.29 is 9.59 Å². The van der Waals surface area contributed by atoms with Crippen LogP contribution in [0.3, 0.4) is 0 Å². The number of aryl methyl sites for hydroxylation is 2. The van der Waals surface area contributed by atoms with E-state index in [1.807, 2.05) is 25.1 Å². The molecule has 4 fully saturated rings. The number of likely N-dealkylation sites (tertiary alicyclic amines) is 1. The van der Waals surface area contributed by atoms with Crippen LogP contribution in [0.25, 0.3) is 22.1 Å². The van der Waals surface area contributed by atoms with Crippen molar-refractivity contribution in [3.63, 3.8) is 0 Å². The Morgan fingerprint density at radius 1 is 0.600 bits per heavy atom. The molecule has 4 aliphatic heterocycles. The fraction of sp³-hybridized carbons (Fsp3) is 0.667. The van der Waals surface area contributed by atoms with E-state index in [0.717, 1.165) is 112 Å². The number of anilines is 2. The number of piperidine rings is 2. The highest BCUT2D eigenvalue weighted by Gasteiger charge is 2.25. The fourth-order valence-corrected chi connectivity index (χ4v) is 8.68. The summed E-state index contributed by atoms with van der Waals surface area (Å²) in [5.41, 5.74) is 2.83. The van der Waals surface area contributed by atoms with E-state index in [2.05, 4.69) is 78.1 Å². The van der Waals surface area contributed by atoms with Gasteiger partial charge in [-0.3, -0.25) is 9.59 Å². The molecule has 4 aliphatic rings. The van der Waals surface area contributed by atoms with Crippen molar-refractivity contribution in [2.75, 3.05) is 74.1 Å². The monoisotopic (exact) mass is 866 g/mol. The van der Waals surface area contributed by atoms with Crippen molar-refractivity contribution >= 4 is 67.9 Å². The summed E-state index contributed by atoms with van der Waals surface area (Å²) in [6, 6.07) is 8.24. The van der Waals surface area contributed by atoms with E-state index in [-0.39, 0.29) is 11.6 Å². The molecule has 0 spiro atoms. The van der Waals surface area contributed by atoms with Gasteiger partial charge >= 0.3 is 0 Å². The zero-order chi connectivity index (χ0) is 38.7. The van der Waals surface area contributed by atoms with Crippen LogP contribution in [0, 0.1) is 11.8 Å². The number of fused-ring (bicyclic) bond motifs is 2. The van der Waals surface area contributed by atoms with E-state index in [1.165, 1.54) is 51.4 Å². The molecule has 0 atom stereocenters. The number of carbonyl (C=O) groups excluding carboxylic acids is 2. The maximum absolute atomic E-state index is 12.9. The highest BCUT2D eigenvalue weighted by molar-refractivity contribution is 14.1. The van der Waals surface area contributed by atoms with E-state index in [9.17, 15) is 9.59 Å². The highest BCUT2D eigenvalue weighted by Crippen LogP contribution is 2.28. The van der Waals surface area contributed by atoms with Crippen LogP contribution < -0.4 is 15.1 Å². The number of Topliss-reactive ketones (excluding diaryl/α,β-unsaturated/α-hetero) is 2. The molecule has 0 unspecified atom stereocenters. The molecule has 0 radical (unpaired) electrons. The Morgan fingerprint density at radius 2 is 1.00 bits per heavy atom. The summed E-state index contributed by atoms with van der Waals surface area (Å²) in [7, 11) is 5.94. The van der Waals surface area contributed by atoms with Crippen LogP contribution in [0.2, 0.25) is 0 Å². The number of rotatable bonds is 8. The van der Waals surface area contributed by atoms with Gasteiger partial charge in [0, 0.05) is 53.1 Å². The number of nitrogens with zero attached hydrogens (tertiary/aromatic N) is 9. The third-order valence-corrected chi connectivity index (χ3v) is 12.0. The molecule has 1 N–H and O–H groups in total. The van der Waals surface area contributed by atoms with Gasteiger partial charge in [-0.2, -0.15) is 10.2 Å². The Balaban J connectivity index is 0.000000179. The largest absolute Gasteiger partial charge is 0.357 e. The predicted molar refractivity (Wildman–Crippen MR) is 232 cm³/mol. The van der Waals surface area contributed by atoms with Gasteiger partial charge in [-0.15, -0.1) is 0 Å². The lowest BCUT2D eigenvalue weighted by molar-refractivity contribution is 0.0928. The average molecular weight is 867 g/mol. The number of pyridine rings is 2. The lowest BCUT2D eigenvalue weighted by atomic mass is 9.91. The van der Waals surface area contributed by atoms with Gasteiger partial charge in [0.05, 0.1) is 10.8 Å². The standard InChI is InChI=1S/C21H31N5O.C20H29N5O.CH3I/c1-24-13-9-16(10-14-24)15-18(27)20-17-7-8-19(22-21(17)25(2)23-20)26-11-5-3-4-6-12-26;1-24-20-16(6-7-18(22-20)25-12-4-2-3-5-13-25)19(23-24)17(26)14-15-8-10-21-11-9-15;1-2/h7-8,16H,3-6,9-15H2,1-2H3;6-7,15,21H,2-5,8-14H2,1H3;1H3. The molecule has 0 saturated carbocycles. The van der Waals surface area contributed by atoms with Crippen LogP contribution in [0.1, 0.15) is 111 Å². The minimum atomic E-state index is 0.159. The Kier molecular flexibility index (Phi) is 15.3. The molecule has 55 heavy (non-hydrogen) atoms. The van der Waals surface area contributed by atoms with Crippen LogP contribution in [0.4, 0.5) is 11.6 Å². The van der Waals surface area contributed by atoms with E-state index < -0.39 is 0 Å². The number of aromatic nitrogens is 6. The van der Waals surface area contributed by atoms with Crippen LogP contribution in [-0.2, 0) is 14.1 Å². The number of halogens is 1. The van der Waals surface area contributed by atoms with Gasteiger partial charge in [0.25, 0.3) is 0 Å². The molecule has 4 aromatic heterocycles. The first-order chi connectivity index (χ1) is 26.8. The number of nitrogens with one attached hydrogen (secondary N) is 1. The van der Waals surface area contributed by atoms with Crippen molar-refractivity contribution in [2.24, 2.45) is 25.9 Å². The lowest BCUT2D eigenvalue weighted by Crippen LogP contribution is -2.31. The SMILES string of the molecule is CI.CN1CCC(CC(=O)c2nn(C)c3nc(N4CCCCCC4)ccc23)CC1.Cn1nc(C(=O)CC2CCNCC2)c2ccc(N3CCCCCC3)nc21.